The van der Waals surface area contributed by atoms with E-state index in [1.807, 2.05) is 0 Å². The fourth-order valence-corrected chi connectivity index (χ4v) is 7.56. The smallest absolute Gasteiger partial charge is 1.00 e. The molecule has 1 aliphatic rings. The van der Waals surface area contributed by atoms with Crippen LogP contribution in [0.15, 0.2) is 78.2 Å². The molecular formula is C33H32Cl2O2STi. The van der Waals surface area contributed by atoms with Crippen LogP contribution in [-0.4, -0.2) is 0 Å². The minimum Gasteiger partial charge on any atom is -1.00 e. The Morgan fingerprint density at radius 3 is 1.51 bits per heavy atom. The molecule has 4 aromatic carbocycles. The van der Waals surface area contributed by atoms with Crippen molar-refractivity contribution in [1.82, 2.24) is 0 Å². The molecule has 5 aromatic rings. The van der Waals surface area contributed by atoms with Crippen LogP contribution in [0.5, 0.6) is 11.5 Å². The summed E-state index contributed by atoms with van der Waals surface area (Å²) in [6, 6.07) is 26.8. The first kappa shape index (κ1) is 30.0. The summed E-state index contributed by atoms with van der Waals surface area (Å²) in [6.45, 7) is 13.7. The molecule has 0 radical (unpaired) electrons. The molecule has 1 aliphatic heterocycles. The largest absolute Gasteiger partial charge is 1.00 e. The SMILES string of the molecule is CC(C)(C)c1cccc2ccc3c(c12)[O][Ti+2][O]c1c(ccc2cccc(C(C)(C)C)c12)C3c1cccs1.[Cl-].[Cl-]. The van der Waals surface area contributed by atoms with Crippen LogP contribution < -0.4 is 31.5 Å². The number of rotatable bonds is 1. The third-order valence-electron chi connectivity index (χ3n) is 7.41. The topological polar surface area (TPSA) is 18.5 Å². The summed E-state index contributed by atoms with van der Waals surface area (Å²) in [6.07, 6.45) is 0. The van der Waals surface area contributed by atoms with Crippen molar-refractivity contribution in [2.75, 3.05) is 0 Å². The van der Waals surface area contributed by atoms with E-state index < -0.39 is 19.9 Å². The van der Waals surface area contributed by atoms with Gasteiger partial charge < -0.3 is 24.8 Å². The molecule has 6 heteroatoms. The van der Waals surface area contributed by atoms with E-state index in [1.54, 1.807) is 11.3 Å². The van der Waals surface area contributed by atoms with Crippen molar-refractivity contribution in [3.05, 3.63) is 105 Å². The maximum atomic E-state index is 6.74. The number of hydrogen-bond acceptors (Lipinski definition) is 3. The van der Waals surface area contributed by atoms with Gasteiger partial charge in [0.1, 0.15) is 0 Å². The summed E-state index contributed by atoms with van der Waals surface area (Å²) >= 11 is 0.606. The van der Waals surface area contributed by atoms with Crippen molar-refractivity contribution in [2.45, 2.75) is 58.3 Å². The molecule has 200 valence electrons. The van der Waals surface area contributed by atoms with Crippen LogP contribution in [0.2, 0.25) is 0 Å². The maximum Gasteiger partial charge on any atom is -1.00 e. The van der Waals surface area contributed by atoms with Crippen molar-refractivity contribution in [1.29, 1.82) is 0 Å². The standard InChI is InChI=1S/C33H34O2S.2ClH.Ti/c1-32(2,3)24-12-7-10-20-15-17-22(30(34)27(20)24)29(26-14-9-19-36-26)23-18-16-21-11-8-13-25(33(4,5)6)28(21)31(23)35;;;/h7-19,29,34-35H,1-6H3;2*1H;/q;;;+4/p-4. The monoisotopic (exact) mass is 610 g/mol. The molecule has 0 atom stereocenters. The zero-order chi connectivity index (χ0) is 25.9. The van der Waals surface area contributed by atoms with Crippen molar-refractivity contribution < 1.29 is 51.4 Å². The van der Waals surface area contributed by atoms with Crippen LogP contribution >= 0.6 is 11.3 Å². The van der Waals surface area contributed by atoms with Gasteiger partial charge in [-0.3, -0.25) is 0 Å². The van der Waals surface area contributed by atoms with Crippen LogP contribution in [0.3, 0.4) is 0 Å². The Morgan fingerprint density at radius 1 is 0.615 bits per heavy atom. The van der Waals surface area contributed by atoms with E-state index >= 15 is 0 Å². The molecule has 2 nitrogen and oxygen atoms in total. The van der Waals surface area contributed by atoms with Gasteiger partial charge in [0.15, 0.2) is 0 Å². The molecule has 1 aromatic heterocycles. The van der Waals surface area contributed by atoms with Gasteiger partial charge in [-0.05, 0) is 0 Å². The molecule has 0 unspecified atom stereocenters. The van der Waals surface area contributed by atoms with E-state index in [9.17, 15) is 0 Å². The molecule has 0 aliphatic carbocycles. The minimum absolute atomic E-state index is 0. The first-order valence-electron chi connectivity index (χ1n) is 12.9. The number of fused-ring (bicyclic) bond motifs is 6. The fraction of sp³-hybridized carbons (Fsp3) is 0.273. The molecule has 0 fully saturated rings. The second kappa shape index (κ2) is 11.1. The Labute approximate surface area is 257 Å². The molecule has 6 rings (SSSR count). The summed E-state index contributed by atoms with van der Waals surface area (Å²) in [4.78, 5) is 1.30. The normalized spacial score (nSPS) is 13.3. The van der Waals surface area contributed by atoms with Crippen LogP contribution in [0, 0.1) is 0 Å². The number of thiophene rings is 1. The van der Waals surface area contributed by atoms with Crippen molar-refractivity contribution in [3.63, 3.8) is 0 Å². The molecule has 0 amide bonds. The molecule has 0 bridgehead atoms. The van der Waals surface area contributed by atoms with Gasteiger partial charge >= 0.3 is 235 Å². The van der Waals surface area contributed by atoms with E-state index in [2.05, 4.69) is 120 Å². The van der Waals surface area contributed by atoms with E-state index in [4.69, 9.17) is 6.64 Å². The van der Waals surface area contributed by atoms with Crippen LogP contribution in [-0.2, 0) is 30.8 Å². The number of benzene rings is 4. The Morgan fingerprint density at radius 2 is 1.10 bits per heavy atom. The average molecular weight is 611 g/mol. The fourth-order valence-electron chi connectivity index (χ4n) is 5.68. The first-order chi connectivity index (χ1) is 17.6. The third kappa shape index (κ3) is 5.25. The number of hydrogen-bond donors (Lipinski definition) is 0. The van der Waals surface area contributed by atoms with E-state index in [-0.39, 0.29) is 41.6 Å². The van der Waals surface area contributed by atoms with Gasteiger partial charge in [0.05, 0.1) is 0 Å². The van der Waals surface area contributed by atoms with Gasteiger partial charge in [0.2, 0.25) is 0 Å². The molecule has 0 N–H and O–H groups in total. The second-order valence-electron chi connectivity index (χ2n) is 12.0. The Kier molecular flexibility index (Phi) is 8.53. The number of halogens is 2. The molecule has 0 saturated carbocycles. The Balaban J connectivity index is 0.00000176. The van der Waals surface area contributed by atoms with Crippen LogP contribution in [0.1, 0.15) is 74.6 Å². The third-order valence-corrected chi connectivity index (χ3v) is 9.24. The summed E-state index contributed by atoms with van der Waals surface area (Å²) in [5, 5.41) is 7.06. The van der Waals surface area contributed by atoms with Gasteiger partial charge in [0, 0.05) is 0 Å². The molecule has 0 spiro atoms. The first-order valence-corrected chi connectivity index (χ1v) is 15.0. The van der Waals surface area contributed by atoms with Crippen LogP contribution in [0.25, 0.3) is 21.5 Å². The van der Waals surface area contributed by atoms with Gasteiger partial charge in [-0.25, -0.2) is 0 Å². The zero-order valence-corrected chi connectivity index (χ0v) is 27.0. The summed E-state index contributed by atoms with van der Waals surface area (Å²) < 4.78 is 13.5. The summed E-state index contributed by atoms with van der Waals surface area (Å²) in [7, 11) is 0. The van der Waals surface area contributed by atoms with Crippen molar-refractivity contribution in [2.24, 2.45) is 0 Å². The maximum absolute atomic E-state index is 6.74. The van der Waals surface area contributed by atoms with Gasteiger partial charge in [-0.1, -0.05) is 0 Å². The summed E-state index contributed by atoms with van der Waals surface area (Å²) in [5.41, 5.74) is 5.07. The predicted octanol–water partition coefficient (Wildman–Crippen LogP) is 3.52. The van der Waals surface area contributed by atoms with E-state index in [0.717, 1.165) is 11.5 Å². The van der Waals surface area contributed by atoms with E-state index in [0.29, 0.717) is 0 Å². The van der Waals surface area contributed by atoms with Gasteiger partial charge in [-0.15, -0.1) is 0 Å². The Hall–Kier alpha value is -2.01. The van der Waals surface area contributed by atoms with Crippen LogP contribution in [0.4, 0.5) is 0 Å². The predicted molar refractivity (Wildman–Crippen MR) is 152 cm³/mol. The van der Waals surface area contributed by atoms with E-state index in [1.165, 1.54) is 48.7 Å². The molecular weight excluding hydrogens is 579 g/mol. The average Bonchev–Trinajstić information content (AvgIpc) is 3.36. The van der Waals surface area contributed by atoms with Gasteiger partial charge in [-0.2, -0.15) is 0 Å². The zero-order valence-electron chi connectivity index (χ0n) is 23.1. The quantitative estimate of drug-likeness (QED) is 0.271. The molecule has 39 heavy (non-hydrogen) atoms. The minimum atomic E-state index is -1.20. The van der Waals surface area contributed by atoms with Crippen molar-refractivity contribution >= 4 is 32.9 Å². The van der Waals surface area contributed by atoms with Crippen molar-refractivity contribution in [3.8, 4) is 11.5 Å². The summed E-state index contributed by atoms with van der Waals surface area (Å²) in [5.74, 6) is 2.03. The van der Waals surface area contributed by atoms with Gasteiger partial charge in [0.25, 0.3) is 0 Å². The molecule has 0 saturated heterocycles. The second-order valence-corrected chi connectivity index (χ2v) is 13.9. The Bertz CT molecular complexity index is 1530. The molecule has 2 heterocycles.